The van der Waals surface area contributed by atoms with E-state index in [0.717, 1.165) is 34.6 Å². The number of ether oxygens (including phenoxy) is 1. The first-order valence-electron chi connectivity index (χ1n) is 9.53. The molecular formula is C22H24ClN3O2. The summed E-state index contributed by atoms with van der Waals surface area (Å²) in [6.45, 7) is 3.52. The highest BCUT2D eigenvalue weighted by Crippen LogP contribution is 2.28. The van der Waals surface area contributed by atoms with E-state index in [2.05, 4.69) is 10.2 Å². The number of para-hydroxylation sites is 1. The number of aryl methyl sites for hydroxylation is 1. The van der Waals surface area contributed by atoms with Gasteiger partial charge in [-0.1, -0.05) is 48.0 Å². The van der Waals surface area contributed by atoms with Crippen LogP contribution in [0.3, 0.4) is 0 Å². The van der Waals surface area contributed by atoms with Crippen LogP contribution in [0.5, 0.6) is 0 Å². The summed E-state index contributed by atoms with van der Waals surface area (Å²) in [7, 11) is 1.96. The summed E-state index contributed by atoms with van der Waals surface area (Å²) in [5, 5.41) is 4.82. The van der Waals surface area contributed by atoms with Crippen molar-refractivity contribution in [3.05, 3.63) is 70.9 Å². The topological polar surface area (TPSA) is 46.5 Å². The third-order valence-electron chi connectivity index (χ3n) is 5.35. The van der Waals surface area contributed by atoms with Gasteiger partial charge in [0.15, 0.2) is 0 Å². The highest BCUT2D eigenvalue weighted by Gasteiger charge is 2.25. The molecule has 1 atom stereocenters. The van der Waals surface area contributed by atoms with Crippen LogP contribution in [-0.2, 0) is 11.8 Å². The molecule has 3 aromatic rings. The molecule has 0 saturated carbocycles. The lowest BCUT2D eigenvalue weighted by Gasteiger charge is -2.35. The number of hydrogen-bond acceptors (Lipinski definition) is 3. The fourth-order valence-electron chi connectivity index (χ4n) is 3.88. The summed E-state index contributed by atoms with van der Waals surface area (Å²) in [5.41, 5.74) is 2.77. The van der Waals surface area contributed by atoms with Crippen LogP contribution in [0.1, 0.15) is 22.0 Å². The van der Waals surface area contributed by atoms with Gasteiger partial charge in [0.2, 0.25) is 0 Å². The van der Waals surface area contributed by atoms with Gasteiger partial charge in [0.1, 0.15) is 0 Å². The molecule has 1 unspecified atom stereocenters. The van der Waals surface area contributed by atoms with Crippen LogP contribution in [0.2, 0.25) is 5.02 Å². The minimum Gasteiger partial charge on any atom is -0.379 e. The summed E-state index contributed by atoms with van der Waals surface area (Å²) in [6.07, 6.45) is 1.89. The molecule has 5 nitrogen and oxygen atoms in total. The van der Waals surface area contributed by atoms with Crippen LogP contribution in [0.4, 0.5) is 0 Å². The number of benzene rings is 2. The summed E-state index contributed by atoms with van der Waals surface area (Å²) in [6, 6.07) is 15.8. The van der Waals surface area contributed by atoms with Crippen LogP contribution in [-0.4, -0.2) is 48.2 Å². The second-order valence-corrected chi connectivity index (χ2v) is 7.47. The van der Waals surface area contributed by atoms with Crippen molar-refractivity contribution in [2.24, 2.45) is 7.05 Å². The van der Waals surface area contributed by atoms with Crippen LogP contribution in [0, 0.1) is 0 Å². The number of morpholine rings is 1. The monoisotopic (exact) mass is 397 g/mol. The third-order valence-corrected chi connectivity index (χ3v) is 5.69. The van der Waals surface area contributed by atoms with E-state index >= 15 is 0 Å². The van der Waals surface area contributed by atoms with E-state index in [9.17, 15) is 4.79 Å². The van der Waals surface area contributed by atoms with Crippen molar-refractivity contribution < 1.29 is 9.53 Å². The predicted molar refractivity (Wildman–Crippen MR) is 112 cm³/mol. The van der Waals surface area contributed by atoms with E-state index in [1.807, 2.05) is 66.3 Å². The number of rotatable bonds is 5. The van der Waals surface area contributed by atoms with Gasteiger partial charge in [-0.2, -0.15) is 0 Å². The summed E-state index contributed by atoms with van der Waals surface area (Å²) < 4.78 is 7.48. The maximum Gasteiger partial charge on any atom is 0.253 e. The van der Waals surface area contributed by atoms with E-state index in [-0.39, 0.29) is 11.9 Å². The van der Waals surface area contributed by atoms with Gasteiger partial charge in [0.25, 0.3) is 5.91 Å². The number of aromatic nitrogens is 1. The number of hydrogen-bond donors (Lipinski definition) is 1. The van der Waals surface area contributed by atoms with E-state index in [0.29, 0.717) is 25.3 Å². The lowest BCUT2D eigenvalue weighted by atomic mass is 10.0. The Morgan fingerprint density at radius 3 is 2.64 bits per heavy atom. The number of carbonyl (C=O) groups excluding carboxylic acids is 1. The SMILES string of the molecule is Cn1cc(C(=O)NCC(c2ccccc2Cl)N2CCOCC2)c2ccccc21. The minimum atomic E-state index is -0.0675. The van der Waals surface area contributed by atoms with Gasteiger partial charge in [-0.25, -0.2) is 0 Å². The smallest absolute Gasteiger partial charge is 0.253 e. The Balaban J connectivity index is 1.57. The van der Waals surface area contributed by atoms with E-state index in [1.54, 1.807) is 0 Å². The molecule has 0 bridgehead atoms. The fourth-order valence-corrected chi connectivity index (χ4v) is 4.14. The van der Waals surface area contributed by atoms with Crippen molar-refractivity contribution in [3.8, 4) is 0 Å². The molecule has 2 heterocycles. The van der Waals surface area contributed by atoms with Crippen LogP contribution in [0.25, 0.3) is 10.9 Å². The van der Waals surface area contributed by atoms with E-state index in [1.165, 1.54) is 0 Å². The highest BCUT2D eigenvalue weighted by atomic mass is 35.5. The Morgan fingerprint density at radius 1 is 1.14 bits per heavy atom. The van der Waals surface area contributed by atoms with Crippen molar-refractivity contribution >= 4 is 28.4 Å². The van der Waals surface area contributed by atoms with Gasteiger partial charge in [-0.3, -0.25) is 9.69 Å². The normalized spacial score (nSPS) is 16.2. The molecule has 1 N–H and O–H groups in total. The zero-order valence-electron chi connectivity index (χ0n) is 15.9. The zero-order chi connectivity index (χ0) is 19.5. The molecule has 1 amide bonds. The second-order valence-electron chi connectivity index (χ2n) is 7.07. The molecule has 0 spiro atoms. The molecule has 28 heavy (non-hydrogen) atoms. The molecule has 0 radical (unpaired) electrons. The standard InChI is InChI=1S/C22H24ClN3O2/c1-25-15-18(16-6-3-5-9-20(16)25)22(27)24-14-21(26-10-12-28-13-11-26)17-7-2-4-8-19(17)23/h2-9,15,21H,10-14H2,1H3,(H,24,27). The molecule has 6 heteroatoms. The largest absolute Gasteiger partial charge is 0.379 e. The average molecular weight is 398 g/mol. The third kappa shape index (κ3) is 3.78. The quantitative estimate of drug-likeness (QED) is 0.715. The molecule has 1 aliphatic heterocycles. The lowest BCUT2D eigenvalue weighted by Crippen LogP contribution is -2.44. The number of amides is 1. The predicted octanol–water partition coefficient (Wildman–Crippen LogP) is 3.64. The van der Waals surface area contributed by atoms with Crippen LogP contribution >= 0.6 is 11.6 Å². The van der Waals surface area contributed by atoms with Gasteiger partial charge >= 0.3 is 0 Å². The number of halogens is 1. The van der Waals surface area contributed by atoms with Crippen LogP contribution < -0.4 is 5.32 Å². The minimum absolute atomic E-state index is 0.0107. The van der Waals surface area contributed by atoms with Crippen molar-refractivity contribution in [2.75, 3.05) is 32.8 Å². The van der Waals surface area contributed by atoms with E-state index in [4.69, 9.17) is 16.3 Å². The number of nitrogens with zero attached hydrogens (tertiary/aromatic N) is 2. The van der Waals surface area contributed by atoms with Crippen molar-refractivity contribution in [1.82, 2.24) is 14.8 Å². The molecule has 1 aliphatic rings. The Kier molecular flexibility index (Phi) is 5.67. The van der Waals surface area contributed by atoms with Gasteiger partial charge in [0.05, 0.1) is 24.8 Å². The number of fused-ring (bicyclic) bond motifs is 1. The molecule has 146 valence electrons. The van der Waals surface area contributed by atoms with Crippen molar-refractivity contribution in [3.63, 3.8) is 0 Å². The van der Waals surface area contributed by atoms with Crippen molar-refractivity contribution in [2.45, 2.75) is 6.04 Å². The highest BCUT2D eigenvalue weighted by molar-refractivity contribution is 6.31. The number of carbonyl (C=O) groups is 1. The summed E-state index contributed by atoms with van der Waals surface area (Å²) in [4.78, 5) is 15.3. The van der Waals surface area contributed by atoms with Gasteiger partial charge in [0, 0.05) is 48.8 Å². The first-order valence-corrected chi connectivity index (χ1v) is 9.91. The number of nitrogens with one attached hydrogen (secondary N) is 1. The Bertz CT molecular complexity index is 979. The zero-order valence-corrected chi connectivity index (χ0v) is 16.7. The van der Waals surface area contributed by atoms with Gasteiger partial charge < -0.3 is 14.6 Å². The first-order chi connectivity index (χ1) is 13.6. The van der Waals surface area contributed by atoms with Gasteiger partial charge in [-0.15, -0.1) is 0 Å². The molecule has 1 fully saturated rings. The summed E-state index contributed by atoms with van der Waals surface area (Å²) in [5.74, 6) is -0.0675. The van der Waals surface area contributed by atoms with Gasteiger partial charge in [-0.05, 0) is 17.7 Å². The maximum atomic E-state index is 13.0. The molecule has 1 saturated heterocycles. The molecule has 0 aliphatic carbocycles. The van der Waals surface area contributed by atoms with Crippen LogP contribution in [0.15, 0.2) is 54.7 Å². The Labute approximate surface area is 169 Å². The molecule has 4 rings (SSSR count). The second kappa shape index (κ2) is 8.35. The molecular weight excluding hydrogens is 374 g/mol. The molecule has 1 aromatic heterocycles. The van der Waals surface area contributed by atoms with E-state index < -0.39 is 0 Å². The summed E-state index contributed by atoms with van der Waals surface area (Å²) >= 11 is 6.48. The fraction of sp³-hybridized carbons (Fsp3) is 0.318. The maximum absolute atomic E-state index is 13.0. The molecule has 2 aromatic carbocycles. The Hall–Kier alpha value is -2.34. The lowest BCUT2D eigenvalue weighted by molar-refractivity contribution is 0.0162. The van der Waals surface area contributed by atoms with Crippen molar-refractivity contribution in [1.29, 1.82) is 0 Å². The first kappa shape index (κ1) is 19.0. The average Bonchev–Trinajstić information content (AvgIpc) is 3.07. The Morgan fingerprint density at radius 2 is 1.86 bits per heavy atom.